The van der Waals surface area contributed by atoms with Crippen molar-refractivity contribution in [1.82, 2.24) is 19.9 Å². The van der Waals surface area contributed by atoms with Crippen LogP contribution in [0.25, 0.3) is 0 Å². The Morgan fingerprint density at radius 3 is 2.72 bits per heavy atom. The van der Waals surface area contributed by atoms with Gasteiger partial charge in [0.2, 0.25) is 0 Å². The molecular formula is C20H22N6O3. The summed E-state index contributed by atoms with van der Waals surface area (Å²) in [6, 6.07) is 9.67. The molecule has 0 radical (unpaired) electrons. The number of amides is 1. The van der Waals surface area contributed by atoms with Gasteiger partial charge in [0.1, 0.15) is 11.5 Å². The number of carbonyl (C=O) groups excluding carboxylic acids is 1. The number of anilines is 1. The summed E-state index contributed by atoms with van der Waals surface area (Å²) in [5.74, 6) is 0.478. The van der Waals surface area contributed by atoms with Crippen LogP contribution in [-0.4, -0.2) is 31.9 Å². The first-order chi connectivity index (χ1) is 14.0. The van der Waals surface area contributed by atoms with Crippen molar-refractivity contribution in [2.24, 2.45) is 7.05 Å². The smallest absolute Gasteiger partial charge is 0.293 e. The fourth-order valence-corrected chi connectivity index (χ4v) is 2.91. The highest BCUT2D eigenvalue weighted by Gasteiger charge is 2.19. The number of rotatable bonds is 8. The number of benzene rings is 1. The van der Waals surface area contributed by atoms with E-state index in [4.69, 9.17) is 0 Å². The molecule has 29 heavy (non-hydrogen) atoms. The average Bonchev–Trinajstić information content (AvgIpc) is 3.13. The van der Waals surface area contributed by atoms with Gasteiger partial charge in [-0.3, -0.25) is 19.9 Å². The van der Waals surface area contributed by atoms with E-state index in [1.54, 1.807) is 30.6 Å². The zero-order valence-electron chi connectivity index (χ0n) is 16.2. The SMILES string of the molecule is CC(Nc1ccc(C(=O)NCCc2nccn2C)cc1[N+](=O)[O-])c1ccccn1. The molecule has 0 bridgehead atoms. The number of hydrogen-bond donors (Lipinski definition) is 2. The second kappa shape index (κ2) is 8.96. The van der Waals surface area contributed by atoms with Gasteiger partial charge in [0, 0.05) is 50.2 Å². The Hall–Kier alpha value is -3.75. The van der Waals surface area contributed by atoms with Crippen molar-refractivity contribution in [2.75, 3.05) is 11.9 Å². The largest absolute Gasteiger partial charge is 0.371 e. The predicted molar refractivity (Wildman–Crippen MR) is 109 cm³/mol. The van der Waals surface area contributed by atoms with E-state index in [9.17, 15) is 14.9 Å². The minimum atomic E-state index is -0.502. The molecule has 0 saturated carbocycles. The summed E-state index contributed by atoms with van der Waals surface area (Å²) in [4.78, 5) is 31.9. The maximum atomic E-state index is 12.4. The highest BCUT2D eigenvalue weighted by molar-refractivity contribution is 5.95. The van der Waals surface area contributed by atoms with Crippen LogP contribution in [-0.2, 0) is 13.5 Å². The summed E-state index contributed by atoms with van der Waals surface area (Å²) in [6.45, 7) is 2.25. The van der Waals surface area contributed by atoms with Crippen molar-refractivity contribution in [3.63, 3.8) is 0 Å². The van der Waals surface area contributed by atoms with Crippen molar-refractivity contribution in [1.29, 1.82) is 0 Å². The van der Waals surface area contributed by atoms with Crippen LogP contribution < -0.4 is 10.6 Å². The molecule has 0 aliphatic carbocycles. The number of aryl methyl sites for hydroxylation is 1. The van der Waals surface area contributed by atoms with Crippen molar-refractivity contribution in [2.45, 2.75) is 19.4 Å². The first-order valence-corrected chi connectivity index (χ1v) is 9.16. The van der Waals surface area contributed by atoms with Gasteiger partial charge in [-0.25, -0.2) is 4.98 Å². The van der Waals surface area contributed by atoms with Crippen LogP contribution in [0.5, 0.6) is 0 Å². The third-order valence-electron chi connectivity index (χ3n) is 4.52. The van der Waals surface area contributed by atoms with E-state index in [1.165, 1.54) is 6.07 Å². The summed E-state index contributed by atoms with van der Waals surface area (Å²) < 4.78 is 1.88. The molecule has 0 fully saturated rings. The van der Waals surface area contributed by atoms with Gasteiger partial charge in [0.25, 0.3) is 11.6 Å². The van der Waals surface area contributed by atoms with Crippen LogP contribution in [0, 0.1) is 10.1 Å². The van der Waals surface area contributed by atoms with Gasteiger partial charge in [-0.15, -0.1) is 0 Å². The lowest BCUT2D eigenvalue weighted by Crippen LogP contribution is -2.26. The van der Waals surface area contributed by atoms with E-state index >= 15 is 0 Å². The third-order valence-corrected chi connectivity index (χ3v) is 4.52. The Bertz CT molecular complexity index is 1000. The maximum absolute atomic E-state index is 12.4. The molecule has 2 N–H and O–H groups in total. The molecule has 0 saturated heterocycles. The van der Waals surface area contributed by atoms with Crippen LogP contribution in [0.15, 0.2) is 55.0 Å². The van der Waals surface area contributed by atoms with Crippen molar-refractivity contribution >= 4 is 17.3 Å². The summed E-state index contributed by atoms with van der Waals surface area (Å²) in [5.41, 5.74) is 1.16. The lowest BCUT2D eigenvalue weighted by Gasteiger charge is -2.15. The Balaban J connectivity index is 1.69. The van der Waals surface area contributed by atoms with Gasteiger partial charge in [-0.05, 0) is 31.2 Å². The standard InChI is InChI=1S/C20H22N6O3/c1-14(16-5-3-4-9-21-16)24-17-7-6-15(13-18(17)26(28)29)20(27)23-10-8-19-22-11-12-25(19)2/h3-7,9,11-14,24H,8,10H2,1-2H3,(H,23,27). The highest BCUT2D eigenvalue weighted by atomic mass is 16.6. The second-order valence-electron chi connectivity index (χ2n) is 6.57. The summed E-state index contributed by atoms with van der Waals surface area (Å²) in [7, 11) is 1.88. The number of aromatic nitrogens is 3. The molecule has 1 unspecified atom stereocenters. The minimum absolute atomic E-state index is 0.162. The fraction of sp³-hybridized carbons (Fsp3) is 0.250. The van der Waals surface area contributed by atoms with Crippen LogP contribution in [0.1, 0.15) is 34.8 Å². The quantitative estimate of drug-likeness (QED) is 0.448. The van der Waals surface area contributed by atoms with Gasteiger partial charge < -0.3 is 15.2 Å². The molecule has 2 aromatic heterocycles. The van der Waals surface area contributed by atoms with E-state index in [0.717, 1.165) is 11.5 Å². The number of imidazole rings is 1. The third kappa shape index (κ3) is 4.95. The van der Waals surface area contributed by atoms with Crippen LogP contribution in [0.3, 0.4) is 0 Å². The zero-order valence-corrected chi connectivity index (χ0v) is 16.2. The Kier molecular flexibility index (Phi) is 6.18. The average molecular weight is 394 g/mol. The number of carbonyl (C=O) groups is 1. The lowest BCUT2D eigenvalue weighted by molar-refractivity contribution is -0.384. The van der Waals surface area contributed by atoms with E-state index in [1.807, 2.05) is 36.9 Å². The molecule has 3 aromatic rings. The highest BCUT2D eigenvalue weighted by Crippen LogP contribution is 2.28. The van der Waals surface area contributed by atoms with E-state index in [2.05, 4.69) is 20.6 Å². The fourth-order valence-electron chi connectivity index (χ4n) is 2.91. The van der Waals surface area contributed by atoms with Gasteiger partial charge in [-0.1, -0.05) is 6.07 Å². The normalized spacial score (nSPS) is 11.7. The first kappa shape index (κ1) is 20.0. The molecule has 2 heterocycles. The molecule has 0 aliphatic heterocycles. The molecular weight excluding hydrogens is 372 g/mol. The molecule has 9 nitrogen and oxygen atoms in total. The summed E-state index contributed by atoms with van der Waals surface area (Å²) in [6.07, 6.45) is 5.76. The number of nitrogens with zero attached hydrogens (tertiary/aromatic N) is 4. The second-order valence-corrected chi connectivity index (χ2v) is 6.57. The Labute approximate surface area is 168 Å². The van der Waals surface area contributed by atoms with E-state index in [-0.39, 0.29) is 23.2 Å². The monoisotopic (exact) mass is 394 g/mol. The topological polar surface area (TPSA) is 115 Å². The van der Waals surface area contributed by atoms with Crippen molar-refractivity contribution in [3.05, 3.63) is 82.2 Å². The number of pyridine rings is 1. The van der Waals surface area contributed by atoms with Gasteiger partial charge in [0.05, 0.1) is 16.7 Å². The molecule has 150 valence electrons. The molecule has 1 amide bonds. The van der Waals surface area contributed by atoms with Crippen LogP contribution in [0.4, 0.5) is 11.4 Å². The molecule has 0 spiro atoms. The van der Waals surface area contributed by atoms with Crippen molar-refractivity contribution < 1.29 is 9.72 Å². The van der Waals surface area contributed by atoms with Crippen LogP contribution in [0.2, 0.25) is 0 Å². The number of nitrogens with one attached hydrogen (secondary N) is 2. The van der Waals surface area contributed by atoms with Crippen molar-refractivity contribution in [3.8, 4) is 0 Å². The molecule has 0 aliphatic rings. The van der Waals surface area contributed by atoms with Gasteiger partial charge >= 0.3 is 0 Å². The lowest BCUT2D eigenvalue weighted by atomic mass is 10.1. The van der Waals surface area contributed by atoms with Gasteiger partial charge in [0.15, 0.2) is 0 Å². The first-order valence-electron chi connectivity index (χ1n) is 9.16. The summed E-state index contributed by atoms with van der Waals surface area (Å²) in [5, 5.41) is 17.4. The predicted octanol–water partition coefficient (Wildman–Crippen LogP) is 2.87. The molecule has 1 aromatic carbocycles. The Morgan fingerprint density at radius 2 is 2.07 bits per heavy atom. The number of hydrogen-bond acceptors (Lipinski definition) is 6. The number of nitro benzene ring substituents is 1. The minimum Gasteiger partial charge on any atom is -0.371 e. The van der Waals surface area contributed by atoms with Gasteiger partial charge in [-0.2, -0.15) is 0 Å². The molecule has 9 heteroatoms. The zero-order chi connectivity index (χ0) is 20.8. The number of nitro groups is 1. The molecule has 1 atom stereocenters. The maximum Gasteiger partial charge on any atom is 0.293 e. The summed E-state index contributed by atoms with van der Waals surface area (Å²) >= 11 is 0. The molecule has 3 rings (SSSR count). The van der Waals surface area contributed by atoms with E-state index in [0.29, 0.717) is 18.7 Å². The van der Waals surface area contributed by atoms with Crippen LogP contribution >= 0.6 is 0 Å². The van der Waals surface area contributed by atoms with E-state index < -0.39 is 4.92 Å². The Morgan fingerprint density at radius 1 is 1.24 bits per heavy atom.